The highest BCUT2D eigenvalue weighted by Gasteiger charge is 2.29. The molecule has 2 unspecified atom stereocenters. The number of benzene rings is 1. The van der Waals surface area contributed by atoms with Crippen molar-refractivity contribution in [2.24, 2.45) is 11.8 Å². The van der Waals surface area contributed by atoms with Crippen molar-refractivity contribution in [3.05, 3.63) is 24.3 Å². The Balaban J connectivity index is 1.18. The topological polar surface area (TPSA) is 87.7 Å². The molecule has 2 aliphatic carbocycles. The van der Waals surface area contributed by atoms with E-state index in [0.29, 0.717) is 5.92 Å². The zero-order valence-corrected chi connectivity index (χ0v) is 20.5. The lowest BCUT2D eigenvalue weighted by Gasteiger charge is -2.36. The Labute approximate surface area is 201 Å². The second-order valence-electron chi connectivity index (χ2n) is 10.1. The molecule has 184 valence electrons. The van der Waals surface area contributed by atoms with Gasteiger partial charge in [-0.05, 0) is 62.8 Å². The van der Waals surface area contributed by atoms with Crippen LogP contribution < -0.4 is 14.9 Å². The lowest BCUT2D eigenvalue weighted by Crippen LogP contribution is -2.46. The second kappa shape index (κ2) is 12.3. The molecule has 1 aromatic rings. The first kappa shape index (κ1) is 24.6. The smallest absolute Gasteiger partial charge is 0.227 e. The Morgan fingerprint density at radius 1 is 1.09 bits per heavy atom. The van der Waals surface area contributed by atoms with Gasteiger partial charge in [0.1, 0.15) is 0 Å². The molecule has 2 N–H and O–H groups in total. The Morgan fingerprint density at radius 3 is 2.55 bits per heavy atom. The monoisotopic (exact) mass is 475 g/mol. The van der Waals surface area contributed by atoms with Crippen molar-refractivity contribution in [3.63, 3.8) is 0 Å². The molecule has 0 aromatic heterocycles. The molecule has 3 fully saturated rings. The number of hydrogen-bond acceptors (Lipinski definition) is 5. The van der Waals surface area contributed by atoms with E-state index in [1.165, 1.54) is 32.1 Å². The Kier molecular flexibility index (Phi) is 9.18. The summed E-state index contributed by atoms with van der Waals surface area (Å²) in [5, 5.41) is 3.05. The largest absolute Gasteiger partial charge is 0.760 e. The van der Waals surface area contributed by atoms with Crippen LogP contribution in [0.5, 0.6) is 0 Å². The van der Waals surface area contributed by atoms with Gasteiger partial charge in [-0.3, -0.25) is 13.9 Å². The number of carbonyl (C=O) groups excluding carboxylic acids is 1. The molecule has 2 saturated carbocycles. The summed E-state index contributed by atoms with van der Waals surface area (Å²) in [5.74, 6) is 1.03. The summed E-state index contributed by atoms with van der Waals surface area (Å²) >= 11 is -2.19. The summed E-state index contributed by atoms with van der Waals surface area (Å²) in [5.41, 5.74) is 2.05. The quantitative estimate of drug-likeness (QED) is 0.477. The molecule has 1 aliphatic heterocycles. The molecule has 1 amide bonds. The third-order valence-electron chi connectivity index (χ3n) is 7.43. The minimum atomic E-state index is -2.19. The van der Waals surface area contributed by atoms with Crippen LogP contribution in [0.15, 0.2) is 24.3 Å². The van der Waals surface area contributed by atoms with Gasteiger partial charge in [0.25, 0.3) is 0 Å². The fourth-order valence-electron chi connectivity index (χ4n) is 5.35. The summed E-state index contributed by atoms with van der Waals surface area (Å²) in [6.45, 7) is 4.96. The van der Waals surface area contributed by atoms with E-state index in [4.69, 9.17) is 0 Å². The van der Waals surface area contributed by atoms with Crippen LogP contribution in [-0.2, 0) is 16.1 Å². The SMILES string of the molecule is O=C(Nc1cccc(N2CCN(CCCC(CC3CCCCC3)NS(=O)[O-])CC2)c1)C1CC1. The predicted octanol–water partition coefficient (Wildman–Crippen LogP) is 3.66. The molecule has 7 nitrogen and oxygen atoms in total. The van der Waals surface area contributed by atoms with Crippen LogP contribution in [0.2, 0.25) is 0 Å². The van der Waals surface area contributed by atoms with E-state index in [2.05, 4.69) is 32.0 Å². The van der Waals surface area contributed by atoms with Gasteiger partial charge in [0.05, 0.1) is 0 Å². The van der Waals surface area contributed by atoms with Gasteiger partial charge < -0.3 is 14.8 Å². The van der Waals surface area contributed by atoms with E-state index in [1.54, 1.807) is 0 Å². The molecular weight excluding hydrogens is 436 g/mol. The molecule has 1 aromatic carbocycles. The van der Waals surface area contributed by atoms with Crippen molar-refractivity contribution in [2.45, 2.75) is 70.3 Å². The van der Waals surface area contributed by atoms with Gasteiger partial charge in [0.2, 0.25) is 5.91 Å². The summed E-state index contributed by atoms with van der Waals surface area (Å²) in [6, 6.07) is 8.26. The maximum absolute atomic E-state index is 12.1. The van der Waals surface area contributed by atoms with Gasteiger partial charge in [-0.1, -0.05) is 38.2 Å². The summed E-state index contributed by atoms with van der Waals surface area (Å²) in [6.07, 6.45) is 11.3. The number of nitrogens with zero attached hydrogens (tertiary/aromatic N) is 2. The molecule has 0 spiro atoms. The van der Waals surface area contributed by atoms with Crippen molar-refractivity contribution in [1.29, 1.82) is 0 Å². The molecule has 0 bridgehead atoms. The Hall–Kier alpha value is -1.48. The molecule has 1 saturated heterocycles. The number of rotatable bonds is 11. The number of nitrogens with one attached hydrogen (secondary N) is 2. The average Bonchev–Trinajstić information content (AvgIpc) is 3.66. The summed E-state index contributed by atoms with van der Waals surface area (Å²) in [7, 11) is 0. The standard InChI is InChI=1S/C25H40N4O3S/c30-25(21-11-12-21)26-22-8-4-10-24(19-22)29-16-14-28(15-17-29)13-5-9-23(27-33(31)32)18-20-6-2-1-3-7-20/h4,8,10,19-21,23,27H,1-3,5-7,9,11-18H2,(H,26,30)(H,31,32)/p-1. The van der Waals surface area contributed by atoms with Crippen molar-refractivity contribution < 1.29 is 13.6 Å². The molecule has 8 heteroatoms. The molecule has 3 aliphatic rings. The van der Waals surface area contributed by atoms with Crippen LogP contribution in [0.1, 0.15) is 64.2 Å². The van der Waals surface area contributed by atoms with Gasteiger partial charge in [-0.15, -0.1) is 0 Å². The molecule has 0 radical (unpaired) electrons. The number of amides is 1. The zero-order chi connectivity index (χ0) is 23.0. The highest BCUT2D eigenvalue weighted by molar-refractivity contribution is 7.77. The fourth-order valence-corrected chi connectivity index (χ4v) is 5.83. The average molecular weight is 476 g/mol. The minimum Gasteiger partial charge on any atom is -0.760 e. The van der Waals surface area contributed by atoms with Crippen molar-refractivity contribution in [3.8, 4) is 0 Å². The van der Waals surface area contributed by atoms with Crippen LogP contribution >= 0.6 is 0 Å². The minimum absolute atomic E-state index is 0.0707. The normalized spacial score (nSPS) is 22.2. The molecule has 1 heterocycles. The van der Waals surface area contributed by atoms with E-state index in [1.807, 2.05) is 12.1 Å². The van der Waals surface area contributed by atoms with Gasteiger partial charge in [-0.25, -0.2) is 4.72 Å². The zero-order valence-electron chi connectivity index (χ0n) is 19.7. The lowest BCUT2D eigenvalue weighted by atomic mass is 9.84. The van der Waals surface area contributed by atoms with Crippen LogP contribution in [0.25, 0.3) is 0 Å². The lowest BCUT2D eigenvalue weighted by molar-refractivity contribution is -0.117. The van der Waals surface area contributed by atoms with Gasteiger partial charge >= 0.3 is 0 Å². The Bertz CT molecular complexity index is 790. The molecule has 2 atom stereocenters. The third kappa shape index (κ3) is 8.05. The van der Waals surface area contributed by atoms with Gasteiger partial charge in [0, 0.05) is 60.8 Å². The molecule has 4 rings (SSSR count). The predicted molar refractivity (Wildman–Crippen MR) is 133 cm³/mol. The van der Waals surface area contributed by atoms with Crippen LogP contribution in [0.4, 0.5) is 11.4 Å². The first-order chi connectivity index (χ1) is 16.1. The number of anilines is 2. The first-order valence-corrected chi connectivity index (χ1v) is 13.9. The van der Waals surface area contributed by atoms with E-state index in [-0.39, 0.29) is 17.9 Å². The van der Waals surface area contributed by atoms with Crippen molar-refractivity contribution in [1.82, 2.24) is 9.62 Å². The van der Waals surface area contributed by atoms with E-state index in [0.717, 1.165) is 76.2 Å². The first-order valence-electron chi connectivity index (χ1n) is 12.8. The fraction of sp³-hybridized carbons (Fsp3) is 0.720. The molecule has 33 heavy (non-hydrogen) atoms. The second-order valence-corrected chi connectivity index (χ2v) is 10.8. The number of carbonyl (C=O) groups is 1. The Morgan fingerprint density at radius 2 is 1.85 bits per heavy atom. The summed E-state index contributed by atoms with van der Waals surface area (Å²) < 4.78 is 25.3. The van der Waals surface area contributed by atoms with E-state index < -0.39 is 11.3 Å². The maximum atomic E-state index is 12.1. The maximum Gasteiger partial charge on any atom is 0.227 e. The van der Waals surface area contributed by atoms with Crippen LogP contribution in [-0.4, -0.2) is 58.3 Å². The molecular formula is C25H39N4O3S-. The van der Waals surface area contributed by atoms with E-state index in [9.17, 15) is 13.6 Å². The van der Waals surface area contributed by atoms with E-state index >= 15 is 0 Å². The van der Waals surface area contributed by atoms with Gasteiger partial charge in [0.15, 0.2) is 0 Å². The van der Waals surface area contributed by atoms with Crippen LogP contribution in [0.3, 0.4) is 0 Å². The third-order valence-corrected chi connectivity index (χ3v) is 7.96. The van der Waals surface area contributed by atoms with Crippen LogP contribution in [0, 0.1) is 11.8 Å². The van der Waals surface area contributed by atoms with Gasteiger partial charge in [-0.2, -0.15) is 0 Å². The van der Waals surface area contributed by atoms with Crippen molar-refractivity contribution >= 4 is 28.5 Å². The van der Waals surface area contributed by atoms with Crippen molar-refractivity contribution in [2.75, 3.05) is 42.9 Å². The highest BCUT2D eigenvalue weighted by atomic mass is 32.2. The number of piperazine rings is 1. The highest BCUT2D eigenvalue weighted by Crippen LogP contribution is 2.31. The summed E-state index contributed by atoms with van der Waals surface area (Å²) in [4.78, 5) is 16.9. The number of hydrogen-bond donors (Lipinski definition) is 2.